The number of hydrogen-bond acceptors (Lipinski definition) is 3. The fourth-order valence-electron chi connectivity index (χ4n) is 3.86. The lowest BCUT2D eigenvalue weighted by atomic mass is 9.96. The average Bonchev–Trinajstić information content (AvgIpc) is 3.23. The fraction of sp³-hybridized carbons (Fsp3) is 0.167. The molecule has 0 amide bonds. The van der Waals surface area contributed by atoms with Crippen molar-refractivity contribution in [3.05, 3.63) is 93.1 Å². The van der Waals surface area contributed by atoms with E-state index in [2.05, 4.69) is 4.98 Å². The Morgan fingerprint density at radius 2 is 1.64 bits per heavy atom. The Morgan fingerprint density at radius 3 is 2.33 bits per heavy atom. The first-order valence-corrected chi connectivity index (χ1v) is 10.3. The molecule has 2 aromatic carbocycles. The van der Waals surface area contributed by atoms with Crippen LogP contribution < -0.4 is 4.74 Å². The highest BCUT2D eigenvalue weighted by Gasteiger charge is 2.23. The quantitative estimate of drug-likeness (QED) is 0.403. The largest absolute Gasteiger partial charge is 0.478 e. The summed E-state index contributed by atoms with van der Waals surface area (Å²) in [6.45, 7) is -0.550. The summed E-state index contributed by atoms with van der Waals surface area (Å²) in [6, 6.07) is 6.24. The van der Waals surface area contributed by atoms with Crippen LogP contribution in [0.5, 0.6) is 5.88 Å². The summed E-state index contributed by atoms with van der Waals surface area (Å²) >= 11 is 6.13. The van der Waals surface area contributed by atoms with Crippen molar-refractivity contribution < 1.29 is 32.2 Å². The second kappa shape index (κ2) is 9.23. The summed E-state index contributed by atoms with van der Waals surface area (Å²) < 4.78 is 60.9. The Morgan fingerprint density at radius 1 is 0.970 bits per heavy atom. The van der Waals surface area contributed by atoms with Crippen LogP contribution in [0.4, 0.5) is 17.6 Å². The van der Waals surface area contributed by atoms with Crippen LogP contribution in [0.15, 0.2) is 42.6 Å². The number of allylic oxidation sites excluding steroid dienone is 2. The van der Waals surface area contributed by atoms with Gasteiger partial charge in [0.05, 0.1) is 16.1 Å². The van der Waals surface area contributed by atoms with Gasteiger partial charge in [0, 0.05) is 23.9 Å². The molecule has 0 aliphatic heterocycles. The molecule has 1 heterocycles. The monoisotopic (exact) mass is 477 g/mol. The third kappa shape index (κ3) is 4.85. The molecule has 4 rings (SSSR count). The molecule has 1 aliphatic carbocycles. The van der Waals surface area contributed by atoms with Crippen LogP contribution in [0.2, 0.25) is 5.02 Å². The molecule has 1 N–H and O–H groups in total. The van der Waals surface area contributed by atoms with E-state index < -0.39 is 41.4 Å². The lowest BCUT2D eigenvalue weighted by molar-refractivity contribution is 0.0696. The van der Waals surface area contributed by atoms with Crippen LogP contribution in [-0.4, -0.2) is 16.1 Å². The van der Waals surface area contributed by atoms with Crippen LogP contribution in [0.25, 0.3) is 11.1 Å². The van der Waals surface area contributed by atoms with E-state index in [1.807, 2.05) is 0 Å². The van der Waals surface area contributed by atoms with Gasteiger partial charge in [-0.15, -0.1) is 0 Å². The summed E-state index contributed by atoms with van der Waals surface area (Å²) in [4.78, 5) is 15.5. The first-order chi connectivity index (χ1) is 15.7. The van der Waals surface area contributed by atoms with E-state index in [0.717, 1.165) is 6.07 Å². The van der Waals surface area contributed by atoms with Gasteiger partial charge in [0.2, 0.25) is 5.88 Å². The van der Waals surface area contributed by atoms with Gasteiger partial charge in [-0.3, -0.25) is 0 Å². The number of benzene rings is 2. The predicted octanol–water partition coefficient (Wildman–Crippen LogP) is 6.66. The van der Waals surface area contributed by atoms with Gasteiger partial charge in [-0.2, -0.15) is 0 Å². The Kier molecular flexibility index (Phi) is 6.37. The zero-order valence-electron chi connectivity index (χ0n) is 17.0. The van der Waals surface area contributed by atoms with Gasteiger partial charge in [-0.1, -0.05) is 11.6 Å². The smallest absolute Gasteiger partial charge is 0.335 e. The van der Waals surface area contributed by atoms with Gasteiger partial charge in [0.15, 0.2) is 0 Å². The third-order valence-corrected chi connectivity index (χ3v) is 5.52. The summed E-state index contributed by atoms with van der Waals surface area (Å²) in [6.07, 6.45) is 3.10. The predicted molar refractivity (Wildman–Crippen MR) is 114 cm³/mol. The maximum atomic E-state index is 14.1. The molecule has 0 unspecified atom stereocenters. The van der Waals surface area contributed by atoms with E-state index in [1.165, 1.54) is 18.3 Å². The molecule has 0 fully saturated rings. The molecular weight excluding hydrogens is 462 g/mol. The van der Waals surface area contributed by atoms with Crippen molar-refractivity contribution >= 4 is 28.7 Å². The van der Waals surface area contributed by atoms with Gasteiger partial charge >= 0.3 is 5.97 Å². The van der Waals surface area contributed by atoms with E-state index in [-0.39, 0.29) is 16.5 Å². The number of ether oxygens (including phenoxy) is 1. The van der Waals surface area contributed by atoms with E-state index in [1.54, 1.807) is 6.07 Å². The lowest BCUT2D eigenvalue weighted by Crippen LogP contribution is -2.06. The molecule has 170 valence electrons. The van der Waals surface area contributed by atoms with Crippen molar-refractivity contribution in [3.8, 4) is 5.88 Å². The molecular formula is C24H16ClF4NO3. The van der Waals surface area contributed by atoms with Crippen LogP contribution in [0, 0.1) is 23.3 Å². The van der Waals surface area contributed by atoms with Gasteiger partial charge in [0.1, 0.15) is 29.9 Å². The van der Waals surface area contributed by atoms with E-state index in [4.69, 9.17) is 16.3 Å². The molecule has 0 radical (unpaired) electrons. The number of aromatic nitrogens is 1. The highest BCUT2D eigenvalue weighted by atomic mass is 35.5. The number of pyridine rings is 1. The topological polar surface area (TPSA) is 59.4 Å². The van der Waals surface area contributed by atoms with Crippen molar-refractivity contribution in [2.45, 2.75) is 25.9 Å². The summed E-state index contributed by atoms with van der Waals surface area (Å²) in [7, 11) is 0. The van der Waals surface area contributed by atoms with Crippen LogP contribution >= 0.6 is 11.6 Å². The zero-order chi connectivity index (χ0) is 23.7. The summed E-state index contributed by atoms with van der Waals surface area (Å²) in [5.41, 5.74) is 1.61. The third-order valence-electron chi connectivity index (χ3n) is 5.31. The number of carboxylic acid groups (broad SMARTS) is 1. The molecule has 0 saturated carbocycles. The second-order valence-corrected chi connectivity index (χ2v) is 7.92. The minimum Gasteiger partial charge on any atom is -0.478 e. The fourth-order valence-corrected chi connectivity index (χ4v) is 4.01. The van der Waals surface area contributed by atoms with Crippen molar-refractivity contribution in [3.63, 3.8) is 0 Å². The molecule has 0 atom stereocenters. The number of hydrogen-bond donors (Lipinski definition) is 1. The average molecular weight is 478 g/mol. The highest BCUT2D eigenvalue weighted by molar-refractivity contribution is 6.30. The normalized spacial score (nSPS) is 13.5. The van der Waals surface area contributed by atoms with Gasteiger partial charge in [0.25, 0.3) is 0 Å². The van der Waals surface area contributed by atoms with E-state index in [9.17, 15) is 27.5 Å². The first kappa shape index (κ1) is 22.8. The Bertz CT molecular complexity index is 1270. The molecule has 0 bridgehead atoms. The lowest BCUT2D eigenvalue weighted by Gasteiger charge is -2.15. The number of rotatable bonds is 6. The maximum Gasteiger partial charge on any atom is 0.335 e. The van der Waals surface area contributed by atoms with Gasteiger partial charge < -0.3 is 9.84 Å². The maximum absolute atomic E-state index is 14.1. The number of aromatic carboxylic acids is 1. The second-order valence-electron chi connectivity index (χ2n) is 7.49. The Hall–Kier alpha value is -3.39. The summed E-state index contributed by atoms with van der Waals surface area (Å²) in [5, 5.41) is 9.54. The van der Waals surface area contributed by atoms with E-state index >= 15 is 0 Å². The van der Waals surface area contributed by atoms with Crippen LogP contribution in [-0.2, 0) is 6.61 Å². The molecule has 4 nitrogen and oxygen atoms in total. The molecule has 3 aromatic rings. The minimum absolute atomic E-state index is 0.0341. The van der Waals surface area contributed by atoms with Gasteiger partial charge in [-0.25, -0.2) is 27.3 Å². The SMILES string of the molecule is O=C(O)c1cc(F)cc(C2=C(c3cc(Cl)cnc3OCc3c(F)cc(F)cc3F)CCC2)c1. The molecule has 1 aliphatic rings. The van der Waals surface area contributed by atoms with E-state index in [0.29, 0.717) is 53.7 Å². The molecule has 0 saturated heterocycles. The van der Waals surface area contributed by atoms with Gasteiger partial charge in [-0.05, 0) is 60.2 Å². The van der Waals surface area contributed by atoms with Crippen molar-refractivity contribution in [1.29, 1.82) is 0 Å². The Balaban J connectivity index is 1.75. The number of halogens is 5. The van der Waals surface area contributed by atoms with Crippen molar-refractivity contribution in [2.75, 3.05) is 0 Å². The molecule has 1 aromatic heterocycles. The minimum atomic E-state index is -1.26. The molecule has 9 heteroatoms. The first-order valence-electron chi connectivity index (χ1n) is 9.91. The highest BCUT2D eigenvalue weighted by Crippen LogP contribution is 2.43. The van der Waals surface area contributed by atoms with Crippen molar-refractivity contribution in [2.24, 2.45) is 0 Å². The summed E-state index contributed by atoms with van der Waals surface area (Å²) in [5.74, 6) is -5.14. The Labute approximate surface area is 191 Å². The molecule has 0 spiro atoms. The number of carboxylic acids is 1. The molecule has 33 heavy (non-hydrogen) atoms. The standard InChI is InChI=1S/C24H16ClF4NO3/c25-14-7-19(23(30-10-14)33-11-20-21(28)8-16(27)9-22(20)29)18-3-1-2-17(18)12-4-13(24(31)32)6-15(26)5-12/h4-10H,1-3,11H2,(H,31,32). The van der Waals surface area contributed by atoms with Crippen molar-refractivity contribution in [1.82, 2.24) is 4.98 Å². The zero-order valence-corrected chi connectivity index (χ0v) is 17.7. The number of nitrogens with zero attached hydrogens (tertiary/aromatic N) is 1. The van der Waals surface area contributed by atoms with Crippen LogP contribution in [0.1, 0.15) is 46.3 Å². The number of carbonyl (C=O) groups is 1. The van der Waals surface area contributed by atoms with Crippen LogP contribution in [0.3, 0.4) is 0 Å².